The average Bonchev–Trinajstić information content (AvgIpc) is 3.19. The first-order chi connectivity index (χ1) is 12.5. The maximum atomic E-state index is 13.2. The fourth-order valence-electron chi connectivity index (χ4n) is 3.44. The Balaban J connectivity index is 1.64. The van der Waals surface area contributed by atoms with E-state index in [4.69, 9.17) is 0 Å². The molecule has 0 radical (unpaired) electrons. The first kappa shape index (κ1) is 17.2. The molecule has 2 aromatic heterocycles. The van der Waals surface area contributed by atoms with Crippen molar-refractivity contribution in [1.29, 1.82) is 0 Å². The third-order valence-electron chi connectivity index (χ3n) is 4.89. The summed E-state index contributed by atoms with van der Waals surface area (Å²) in [6.07, 6.45) is 3.09. The Hall–Kier alpha value is -2.25. The van der Waals surface area contributed by atoms with Gasteiger partial charge >= 0.3 is 0 Å². The minimum Gasteiger partial charge on any atom is -0.391 e. The van der Waals surface area contributed by atoms with E-state index in [0.717, 1.165) is 47.3 Å². The van der Waals surface area contributed by atoms with Crippen molar-refractivity contribution in [2.24, 2.45) is 0 Å². The number of halogens is 1. The van der Waals surface area contributed by atoms with Crippen molar-refractivity contribution in [2.45, 2.75) is 44.8 Å². The number of carbonyl (C=O) groups is 1. The number of aryl methyl sites for hydroxylation is 1. The van der Waals surface area contributed by atoms with Crippen LogP contribution in [0.15, 0.2) is 30.3 Å². The number of benzene rings is 1. The number of aliphatic hydroxyl groups is 1. The first-order valence-corrected chi connectivity index (χ1v) is 9.58. The predicted molar refractivity (Wildman–Crippen MR) is 99.4 cm³/mol. The maximum absolute atomic E-state index is 13.2. The molecule has 3 aromatic rings. The quantitative estimate of drug-likeness (QED) is 0.738. The van der Waals surface area contributed by atoms with Gasteiger partial charge in [0.05, 0.1) is 28.4 Å². The van der Waals surface area contributed by atoms with Gasteiger partial charge in [-0.15, -0.1) is 11.3 Å². The average molecular weight is 373 g/mol. The number of nitrogens with zero attached hydrogens (tertiary/aromatic N) is 2. The topological polar surface area (TPSA) is 67.2 Å². The smallest absolute Gasteiger partial charge is 0.261 e. The lowest BCUT2D eigenvalue weighted by atomic mass is 9.92. The SMILES string of the molecule is Cc1nn(-c2ccc(F)cc2)c2sc(C(=O)N[C@@H]3CCCC[C@H]3O)cc12. The van der Waals surface area contributed by atoms with Crippen molar-refractivity contribution in [3.8, 4) is 5.69 Å². The van der Waals surface area contributed by atoms with Crippen LogP contribution in [0.2, 0.25) is 0 Å². The van der Waals surface area contributed by atoms with Crippen molar-refractivity contribution in [3.63, 3.8) is 0 Å². The van der Waals surface area contributed by atoms with Gasteiger partial charge in [0.2, 0.25) is 0 Å². The summed E-state index contributed by atoms with van der Waals surface area (Å²) in [4.78, 5) is 14.1. The molecule has 1 aromatic carbocycles. The number of aliphatic hydroxyl groups excluding tert-OH is 1. The number of amides is 1. The number of nitrogens with one attached hydrogen (secondary N) is 1. The number of thiophene rings is 1. The zero-order chi connectivity index (χ0) is 18.3. The van der Waals surface area contributed by atoms with Gasteiger partial charge in [-0.2, -0.15) is 5.10 Å². The summed E-state index contributed by atoms with van der Waals surface area (Å²) in [5, 5.41) is 18.5. The molecule has 1 saturated carbocycles. The molecular weight excluding hydrogens is 353 g/mol. The molecule has 0 unspecified atom stereocenters. The number of hydrogen-bond donors (Lipinski definition) is 2. The highest BCUT2D eigenvalue weighted by molar-refractivity contribution is 7.20. The lowest BCUT2D eigenvalue weighted by Gasteiger charge is -2.28. The second-order valence-corrected chi connectivity index (χ2v) is 7.77. The van der Waals surface area contributed by atoms with Gasteiger partial charge in [0.1, 0.15) is 10.6 Å². The Labute approximate surface area is 154 Å². The minimum absolute atomic E-state index is 0.165. The summed E-state index contributed by atoms with van der Waals surface area (Å²) in [7, 11) is 0. The van der Waals surface area contributed by atoms with Gasteiger partial charge in [-0.25, -0.2) is 9.07 Å². The van der Waals surface area contributed by atoms with Gasteiger partial charge in [0.15, 0.2) is 0 Å². The number of rotatable bonds is 3. The molecule has 7 heteroatoms. The van der Waals surface area contributed by atoms with E-state index in [9.17, 15) is 14.3 Å². The fourth-order valence-corrected chi connectivity index (χ4v) is 4.52. The monoisotopic (exact) mass is 373 g/mol. The van der Waals surface area contributed by atoms with Crippen LogP contribution in [-0.4, -0.2) is 32.9 Å². The van der Waals surface area contributed by atoms with Crippen LogP contribution in [0.25, 0.3) is 15.9 Å². The van der Waals surface area contributed by atoms with Crippen LogP contribution in [0.5, 0.6) is 0 Å². The van der Waals surface area contributed by atoms with Gasteiger partial charge in [-0.05, 0) is 50.1 Å². The number of fused-ring (bicyclic) bond motifs is 1. The van der Waals surface area contributed by atoms with Crippen LogP contribution in [0.3, 0.4) is 0 Å². The number of carbonyl (C=O) groups excluding carboxylic acids is 1. The molecule has 26 heavy (non-hydrogen) atoms. The molecule has 0 spiro atoms. The maximum Gasteiger partial charge on any atom is 0.261 e. The van der Waals surface area contributed by atoms with Gasteiger partial charge in [0.25, 0.3) is 5.91 Å². The van der Waals surface area contributed by atoms with Gasteiger partial charge in [-0.1, -0.05) is 12.8 Å². The van der Waals surface area contributed by atoms with E-state index in [-0.39, 0.29) is 17.8 Å². The van der Waals surface area contributed by atoms with E-state index >= 15 is 0 Å². The van der Waals surface area contributed by atoms with E-state index < -0.39 is 6.10 Å². The molecule has 4 rings (SSSR count). The van der Waals surface area contributed by atoms with Crippen LogP contribution in [0.4, 0.5) is 4.39 Å². The Bertz CT molecular complexity index is 948. The van der Waals surface area contributed by atoms with Crippen molar-refractivity contribution in [2.75, 3.05) is 0 Å². The normalized spacial score (nSPS) is 20.4. The Morgan fingerprint density at radius 3 is 2.77 bits per heavy atom. The van der Waals surface area contributed by atoms with Crippen molar-refractivity contribution in [1.82, 2.24) is 15.1 Å². The highest BCUT2D eigenvalue weighted by atomic mass is 32.1. The van der Waals surface area contributed by atoms with Crippen LogP contribution >= 0.6 is 11.3 Å². The van der Waals surface area contributed by atoms with E-state index in [1.807, 2.05) is 13.0 Å². The summed E-state index contributed by atoms with van der Waals surface area (Å²) in [5.41, 5.74) is 1.57. The zero-order valence-electron chi connectivity index (χ0n) is 14.4. The van der Waals surface area contributed by atoms with Crippen LogP contribution in [-0.2, 0) is 0 Å². The number of aromatic nitrogens is 2. The van der Waals surface area contributed by atoms with E-state index in [2.05, 4.69) is 10.4 Å². The van der Waals surface area contributed by atoms with Crippen LogP contribution in [0.1, 0.15) is 41.0 Å². The van der Waals surface area contributed by atoms with Gasteiger partial charge in [-0.3, -0.25) is 4.79 Å². The van der Waals surface area contributed by atoms with Gasteiger partial charge < -0.3 is 10.4 Å². The molecule has 1 aliphatic carbocycles. The van der Waals surface area contributed by atoms with Crippen molar-refractivity contribution < 1.29 is 14.3 Å². The standard InChI is InChI=1S/C19H20FN3O2S/c1-11-14-10-17(18(25)21-15-4-2-3-5-16(15)24)26-19(14)23(22-11)13-8-6-12(20)7-9-13/h6-10,15-16,24H,2-5H2,1H3,(H,21,25)/t15-,16-/m1/s1. The van der Waals surface area contributed by atoms with Crippen LogP contribution < -0.4 is 5.32 Å². The molecule has 0 aliphatic heterocycles. The Morgan fingerprint density at radius 1 is 1.31 bits per heavy atom. The molecule has 2 atom stereocenters. The van der Waals surface area contributed by atoms with E-state index in [1.165, 1.54) is 23.5 Å². The van der Waals surface area contributed by atoms with Crippen LogP contribution in [0, 0.1) is 12.7 Å². The summed E-state index contributed by atoms with van der Waals surface area (Å²) >= 11 is 1.35. The van der Waals surface area contributed by atoms with E-state index in [0.29, 0.717) is 4.88 Å². The third-order valence-corrected chi connectivity index (χ3v) is 5.99. The molecule has 2 heterocycles. The third kappa shape index (κ3) is 3.12. The molecule has 1 aliphatic rings. The fraction of sp³-hybridized carbons (Fsp3) is 0.368. The molecule has 1 amide bonds. The lowest BCUT2D eigenvalue weighted by molar-refractivity contribution is 0.0720. The van der Waals surface area contributed by atoms with Crippen molar-refractivity contribution in [3.05, 3.63) is 46.7 Å². The minimum atomic E-state index is -0.474. The van der Waals surface area contributed by atoms with Gasteiger partial charge in [0, 0.05) is 5.39 Å². The number of hydrogen-bond acceptors (Lipinski definition) is 4. The molecular formula is C19H20FN3O2S. The van der Waals surface area contributed by atoms with E-state index in [1.54, 1.807) is 16.8 Å². The van der Waals surface area contributed by atoms with Crippen molar-refractivity contribution >= 4 is 27.5 Å². The highest BCUT2D eigenvalue weighted by Gasteiger charge is 2.26. The molecule has 1 fully saturated rings. The zero-order valence-corrected chi connectivity index (χ0v) is 15.2. The summed E-state index contributed by atoms with van der Waals surface area (Å²) in [6, 6.07) is 7.77. The summed E-state index contributed by atoms with van der Waals surface area (Å²) < 4.78 is 14.9. The summed E-state index contributed by atoms with van der Waals surface area (Å²) in [6.45, 7) is 1.89. The predicted octanol–water partition coefficient (Wildman–Crippen LogP) is 3.57. The first-order valence-electron chi connectivity index (χ1n) is 8.77. The molecule has 136 valence electrons. The molecule has 0 saturated heterocycles. The second-order valence-electron chi connectivity index (χ2n) is 6.73. The highest BCUT2D eigenvalue weighted by Crippen LogP contribution is 2.31. The molecule has 0 bridgehead atoms. The molecule has 5 nitrogen and oxygen atoms in total. The lowest BCUT2D eigenvalue weighted by Crippen LogP contribution is -2.44. The largest absolute Gasteiger partial charge is 0.391 e. The Morgan fingerprint density at radius 2 is 2.04 bits per heavy atom. The summed E-state index contributed by atoms with van der Waals surface area (Å²) in [5.74, 6) is -0.464. The second kappa shape index (κ2) is 6.81. The molecule has 2 N–H and O–H groups in total. The Kier molecular flexibility index (Phi) is 4.50.